The molecule has 0 spiro atoms. The minimum atomic E-state index is 0.938. The molecule has 0 saturated heterocycles. The van der Waals surface area contributed by atoms with Gasteiger partial charge >= 0.3 is 0 Å². The molecule has 0 unspecified atom stereocenters. The Labute approximate surface area is 101 Å². The Morgan fingerprint density at radius 1 is 1.12 bits per heavy atom. The highest BCUT2D eigenvalue weighted by molar-refractivity contribution is 7.10. The average molecular weight is 231 g/mol. The molecule has 0 saturated carbocycles. The molecule has 0 amide bonds. The molecule has 1 aromatic carbocycles. The second kappa shape index (κ2) is 4.81. The van der Waals surface area contributed by atoms with Gasteiger partial charge < -0.3 is 5.32 Å². The van der Waals surface area contributed by atoms with Gasteiger partial charge in [-0.05, 0) is 43.0 Å². The van der Waals surface area contributed by atoms with Crippen molar-refractivity contribution >= 4 is 11.3 Å². The lowest BCUT2D eigenvalue weighted by Crippen LogP contribution is -2.05. The summed E-state index contributed by atoms with van der Waals surface area (Å²) < 4.78 is 0. The zero-order valence-electron chi connectivity index (χ0n) is 10.0. The van der Waals surface area contributed by atoms with Crippen LogP contribution in [0.3, 0.4) is 0 Å². The maximum Gasteiger partial charge on any atom is 0.0217 e. The van der Waals surface area contributed by atoms with Gasteiger partial charge in [-0.2, -0.15) is 0 Å². The van der Waals surface area contributed by atoms with Crippen LogP contribution in [0.2, 0.25) is 0 Å². The fourth-order valence-electron chi connectivity index (χ4n) is 1.93. The standard InChI is InChI=1S/C14H17NS/c1-10-4-6-12(7-5-10)14-11(2)16-9-13(14)8-15-3/h4-7,9,15H,8H2,1-3H3. The summed E-state index contributed by atoms with van der Waals surface area (Å²) in [6.45, 7) is 5.26. The Hall–Kier alpha value is -1.12. The topological polar surface area (TPSA) is 12.0 Å². The first kappa shape index (κ1) is 11.4. The molecule has 0 aliphatic carbocycles. The van der Waals surface area contributed by atoms with Crippen molar-refractivity contribution in [3.8, 4) is 11.1 Å². The summed E-state index contributed by atoms with van der Waals surface area (Å²) in [7, 11) is 1.99. The molecular formula is C14H17NS. The highest BCUT2D eigenvalue weighted by Crippen LogP contribution is 2.32. The van der Waals surface area contributed by atoms with Gasteiger partial charge in [0, 0.05) is 11.4 Å². The van der Waals surface area contributed by atoms with Crippen molar-refractivity contribution in [1.29, 1.82) is 0 Å². The van der Waals surface area contributed by atoms with Crippen LogP contribution in [0, 0.1) is 13.8 Å². The highest BCUT2D eigenvalue weighted by Gasteiger charge is 2.09. The molecule has 2 heteroatoms. The van der Waals surface area contributed by atoms with Crippen LogP contribution in [-0.4, -0.2) is 7.05 Å². The average Bonchev–Trinajstić information content (AvgIpc) is 2.62. The number of aryl methyl sites for hydroxylation is 2. The second-order valence-electron chi connectivity index (χ2n) is 4.09. The highest BCUT2D eigenvalue weighted by atomic mass is 32.1. The van der Waals surface area contributed by atoms with Gasteiger partial charge in [-0.25, -0.2) is 0 Å². The molecule has 0 aliphatic heterocycles. The third-order valence-corrected chi connectivity index (χ3v) is 3.72. The number of hydrogen-bond donors (Lipinski definition) is 1. The normalized spacial score (nSPS) is 10.7. The Morgan fingerprint density at radius 3 is 2.44 bits per heavy atom. The SMILES string of the molecule is CNCc1csc(C)c1-c1ccc(C)cc1. The number of rotatable bonds is 3. The summed E-state index contributed by atoms with van der Waals surface area (Å²) in [5, 5.41) is 5.48. The first-order valence-electron chi connectivity index (χ1n) is 5.51. The Bertz CT molecular complexity index is 468. The van der Waals surface area contributed by atoms with Gasteiger partial charge in [0.05, 0.1) is 0 Å². The van der Waals surface area contributed by atoms with Crippen LogP contribution < -0.4 is 5.32 Å². The van der Waals surface area contributed by atoms with Gasteiger partial charge in [-0.1, -0.05) is 29.8 Å². The van der Waals surface area contributed by atoms with Crippen LogP contribution in [0.1, 0.15) is 16.0 Å². The van der Waals surface area contributed by atoms with Crippen molar-refractivity contribution in [2.24, 2.45) is 0 Å². The zero-order chi connectivity index (χ0) is 11.5. The Morgan fingerprint density at radius 2 is 1.81 bits per heavy atom. The van der Waals surface area contributed by atoms with Crippen LogP contribution in [0.5, 0.6) is 0 Å². The summed E-state index contributed by atoms with van der Waals surface area (Å²) >= 11 is 1.83. The lowest BCUT2D eigenvalue weighted by molar-refractivity contribution is 0.822. The monoisotopic (exact) mass is 231 g/mol. The van der Waals surface area contributed by atoms with E-state index in [1.54, 1.807) is 0 Å². The third kappa shape index (κ3) is 2.18. The largest absolute Gasteiger partial charge is 0.316 e. The molecule has 2 rings (SSSR count). The minimum Gasteiger partial charge on any atom is -0.316 e. The van der Waals surface area contributed by atoms with Crippen molar-refractivity contribution in [3.63, 3.8) is 0 Å². The van der Waals surface area contributed by atoms with E-state index in [0.717, 1.165) is 6.54 Å². The van der Waals surface area contributed by atoms with E-state index in [4.69, 9.17) is 0 Å². The third-order valence-electron chi connectivity index (χ3n) is 2.76. The van der Waals surface area contributed by atoms with Crippen LogP contribution in [-0.2, 0) is 6.54 Å². The van der Waals surface area contributed by atoms with Gasteiger partial charge in [-0.3, -0.25) is 0 Å². The molecule has 16 heavy (non-hydrogen) atoms. The van der Waals surface area contributed by atoms with Crippen molar-refractivity contribution in [3.05, 3.63) is 45.6 Å². The number of thiophene rings is 1. The molecular weight excluding hydrogens is 214 g/mol. The van der Waals surface area contributed by atoms with E-state index in [1.165, 1.54) is 27.1 Å². The first-order chi connectivity index (χ1) is 7.72. The minimum absolute atomic E-state index is 0.938. The Kier molecular flexibility index (Phi) is 3.42. The molecule has 1 nitrogen and oxygen atoms in total. The van der Waals surface area contributed by atoms with E-state index in [1.807, 2.05) is 18.4 Å². The number of hydrogen-bond acceptors (Lipinski definition) is 2. The number of nitrogens with one attached hydrogen (secondary N) is 1. The van der Waals surface area contributed by atoms with Crippen molar-refractivity contribution < 1.29 is 0 Å². The second-order valence-corrected chi connectivity index (χ2v) is 5.17. The maximum absolute atomic E-state index is 3.23. The van der Waals surface area contributed by atoms with E-state index < -0.39 is 0 Å². The fraction of sp³-hybridized carbons (Fsp3) is 0.286. The van der Waals surface area contributed by atoms with E-state index in [0.29, 0.717) is 0 Å². The zero-order valence-corrected chi connectivity index (χ0v) is 10.8. The van der Waals surface area contributed by atoms with E-state index >= 15 is 0 Å². The predicted molar refractivity (Wildman–Crippen MR) is 72.0 cm³/mol. The molecule has 0 atom stereocenters. The van der Waals surface area contributed by atoms with Crippen molar-refractivity contribution in [1.82, 2.24) is 5.32 Å². The summed E-state index contributed by atoms with van der Waals surface area (Å²) in [6.07, 6.45) is 0. The molecule has 1 aromatic heterocycles. The molecule has 2 aromatic rings. The van der Waals surface area contributed by atoms with Gasteiger partial charge in [0.25, 0.3) is 0 Å². The van der Waals surface area contributed by atoms with Crippen LogP contribution in [0.25, 0.3) is 11.1 Å². The lowest BCUT2D eigenvalue weighted by atomic mass is 10.0. The predicted octanol–water partition coefficient (Wildman–Crippen LogP) is 3.75. The first-order valence-corrected chi connectivity index (χ1v) is 6.39. The number of benzene rings is 1. The van der Waals surface area contributed by atoms with Crippen molar-refractivity contribution in [2.75, 3.05) is 7.05 Å². The van der Waals surface area contributed by atoms with E-state index in [2.05, 4.69) is 48.8 Å². The van der Waals surface area contributed by atoms with Crippen LogP contribution in [0.15, 0.2) is 29.6 Å². The Balaban J connectivity index is 2.45. The smallest absolute Gasteiger partial charge is 0.0217 e. The fourth-order valence-corrected chi connectivity index (χ4v) is 2.82. The molecule has 0 radical (unpaired) electrons. The summed E-state index contributed by atoms with van der Waals surface area (Å²) in [6, 6.07) is 8.78. The maximum atomic E-state index is 3.23. The van der Waals surface area contributed by atoms with Crippen molar-refractivity contribution in [2.45, 2.75) is 20.4 Å². The molecule has 0 aliphatic rings. The molecule has 1 N–H and O–H groups in total. The van der Waals surface area contributed by atoms with Gasteiger partial charge in [0.1, 0.15) is 0 Å². The quantitative estimate of drug-likeness (QED) is 0.848. The molecule has 84 valence electrons. The molecule has 0 fully saturated rings. The summed E-state index contributed by atoms with van der Waals surface area (Å²) in [5.74, 6) is 0. The van der Waals surface area contributed by atoms with Crippen LogP contribution in [0.4, 0.5) is 0 Å². The van der Waals surface area contributed by atoms with Crippen LogP contribution >= 0.6 is 11.3 Å². The van der Waals surface area contributed by atoms with E-state index in [9.17, 15) is 0 Å². The molecule has 1 heterocycles. The van der Waals surface area contributed by atoms with Gasteiger partial charge in [0.15, 0.2) is 0 Å². The summed E-state index contributed by atoms with van der Waals surface area (Å²) in [5.41, 5.74) is 5.44. The summed E-state index contributed by atoms with van der Waals surface area (Å²) in [4.78, 5) is 1.40. The van der Waals surface area contributed by atoms with Gasteiger partial charge in [-0.15, -0.1) is 11.3 Å². The van der Waals surface area contributed by atoms with E-state index in [-0.39, 0.29) is 0 Å². The lowest BCUT2D eigenvalue weighted by Gasteiger charge is -2.06. The molecule has 0 bridgehead atoms. The van der Waals surface area contributed by atoms with Gasteiger partial charge in [0.2, 0.25) is 0 Å².